The first-order valence-corrected chi connectivity index (χ1v) is 7.94. The van der Waals surface area contributed by atoms with Crippen LogP contribution in [-0.2, 0) is 10.9 Å². The first kappa shape index (κ1) is 18.5. The summed E-state index contributed by atoms with van der Waals surface area (Å²) in [6.45, 7) is 3.45. The lowest BCUT2D eigenvalue weighted by atomic mass is 10.1. The molecule has 0 spiro atoms. The molecule has 0 bridgehead atoms. The van der Waals surface area contributed by atoms with Gasteiger partial charge >= 0.3 is 12.1 Å². The molecule has 2 aromatic heterocycles. The lowest BCUT2D eigenvalue weighted by Gasteiger charge is -2.18. The molecular formula is C17H16F3N5O2. The predicted molar refractivity (Wildman–Crippen MR) is 90.8 cm³/mol. The van der Waals surface area contributed by atoms with Gasteiger partial charge in [-0.3, -0.25) is 0 Å². The molecule has 10 heteroatoms. The number of benzene rings is 1. The molecule has 1 aromatic carbocycles. The van der Waals surface area contributed by atoms with Crippen LogP contribution in [-0.4, -0.2) is 31.7 Å². The zero-order valence-electron chi connectivity index (χ0n) is 14.5. The Morgan fingerprint density at radius 1 is 1.26 bits per heavy atom. The van der Waals surface area contributed by atoms with Crippen molar-refractivity contribution in [1.82, 2.24) is 19.1 Å². The summed E-state index contributed by atoms with van der Waals surface area (Å²) in [6, 6.07) is 2.14. The molecule has 0 saturated carbocycles. The number of halogens is 3. The number of carbonyl (C=O) groups excluding carboxylic acids is 1. The summed E-state index contributed by atoms with van der Waals surface area (Å²) in [5.41, 5.74) is 5.47. The van der Waals surface area contributed by atoms with Crippen molar-refractivity contribution in [2.45, 2.75) is 20.0 Å². The van der Waals surface area contributed by atoms with Gasteiger partial charge in [0, 0.05) is 12.4 Å². The topological polar surface area (TPSA) is 88.0 Å². The van der Waals surface area contributed by atoms with E-state index in [0.717, 1.165) is 6.07 Å². The lowest BCUT2D eigenvalue weighted by molar-refractivity contribution is -0.137. The van der Waals surface area contributed by atoms with Gasteiger partial charge in [-0.05, 0) is 26.0 Å². The van der Waals surface area contributed by atoms with Gasteiger partial charge in [-0.15, -0.1) is 0 Å². The minimum atomic E-state index is -4.60. The molecule has 7 nitrogen and oxygen atoms in total. The second kappa shape index (κ2) is 6.78. The number of hydrogen-bond acceptors (Lipinski definition) is 5. The number of nitrogens with two attached hydrogens (primary N) is 1. The van der Waals surface area contributed by atoms with Gasteiger partial charge in [0.15, 0.2) is 5.69 Å². The summed E-state index contributed by atoms with van der Waals surface area (Å²) >= 11 is 0. The predicted octanol–water partition coefficient (Wildman–Crippen LogP) is 3.14. The smallest absolute Gasteiger partial charge is 0.418 e. The summed E-state index contributed by atoms with van der Waals surface area (Å²) in [5, 5.41) is 0. The summed E-state index contributed by atoms with van der Waals surface area (Å²) in [5.74, 6) is -0.617. The Labute approximate surface area is 152 Å². The van der Waals surface area contributed by atoms with Gasteiger partial charge in [-0.25, -0.2) is 14.8 Å². The van der Waals surface area contributed by atoms with E-state index in [1.807, 2.05) is 0 Å². The molecule has 3 rings (SSSR count). The lowest BCUT2D eigenvalue weighted by Crippen LogP contribution is -2.13. The Hall–Kier alpha value is -3.30. The number of aromatic nitrogens is 4. The monoisotopic (exact) mass is 379 g/mol. The summed E-state index contributed by atoms with van der Waals surface area (Å²) in [4.78, 5) is 19.7. The van der Waals surface area contributed by atoms with E-state index in [2.05, 4.69) is 9.97 Å². The summed E-state index contributed by atoms with van der Waals surface area (Å²) in [7, 11) is 0. The molecule has 2 heterocycles. The minimum Gasteiger partial charge on any atom is -0.461 e. The van der Waals surface area contributed by atoms with Gasteiger partial charge in [0.1, 0.15) is 6.33 Å². The van der Waals surface area contributed by atoms with Crippen LogP contribution in [0.5, 0.6) is 0 Å². The standard InChI is InChI=1S/C17H16F3N5O2/c1-3-27-16(26)15-10(2)25(9-23-15)14-7-13(24-5-4-22-8-24)11(6-12(14)21)17(18,19)20/h4-9H,3,21H2,1-2H3. The van der Waals surface area contributed by atoms with E-state index in [4.69, 9.17) is 10.5 Å². The number of esters is 1. The highest BCUT2D eigenvalue weighted by Gasteiger charge is 2.35. The van der Waals surface area contributed by atoms with Crippen molar-refractivity contribution in [3.63, 3.8) is 0 Å². The van der Waals surface area contributed by atoms with Crippen LogP contribution in [0, 0.1) is 6.92 Å². The molecule has 3 aromatic rings. The molecule has 0 radical (unpaired) electrons. The third kappa shape index (κ3) is 3.37. The molecule has 0 aliphatic rings. The summed E-state index contributed by atoms with van der Waals surface area (Å²) < 4.78 is 48.0. The Morgan fingerprint density at radius 3 is 2.59 bits per heavy atom. The molecule has 142 valence electrons. The fourth-order valence-corrected chi connectivity index (χ4v) is 2.70. The Bertz CT molecular complexity index is 977. The van der Waals surface area contributed by atoms with Crippen LogP contribution in [0.2, 0.25) is 0 Å². The van der Waals surface area contributed by atoms with Crippen LogP contribution >= 0.6 is 0 Å². The number of nitrogen functional groups attached to an aromatic ring is 1. The number of imidazole rings is 2. The van der Waals surface area contributed by atoms with Crippen LogP contribution in [0.1, 0.15) is 28.7 Å². The van der Waals surface area contributed by atoms with E-state index in [0.29, 0.717) is 5.69 Å². The average molecular weight is 379 g/mol. The fraction of sp³-hybridized carbons (Fsp3) is 0.235. The number of ether oxygens (including phenoxy) is 1. The number of nitrogens with zero attached hydrogens (tertiary/aromatic N) is 4. The van der Waals surface area contributed by atoms with Crippen molar-refractivity contribution in [3.8, 4) is 11.4 Å². The van der Waals surface area contributed by atoms with Gasteiger partial charge in [0.05, 0.1) is 41.3 Å². The largest absolute Gasteiger partial charge is 0.461 e. The highest BCUT2D eigenvalue weighted by atomic mass is 19.4. The first-order chi connectivity index (χ1) is 12.7. The SMILES string of the molecule is CCOC(=O)c1ncn(-c2cc(-n3ccnc3)c(C(F)(F)F)cc2N)c1C. The van der Waals surface area contributed by atoms with Gasteiger partial charge in [0.25, 0.3) is 0 Å². The highest BCUT2D eigenvalue weighted by molar-refractivity contribution is 5.88. The van der Waals surface area contributed by atoms with Gasteiger partial charge in [-0.1, -0.05) is 0 Å². The maximum absolute atomic E-state index is 13.5. The molecule has 0 amide bonds. The Morgan fingerprint density at radius 2 is 2.00 bits per heavy atom. The van der Waals surface area contributed by atoms with E-state index in [9.17, 15) is 18.0 Å². The Kier molecular flexibility index (Phi) is 4.64. The van der Waals surface area contributed by atoms with E-state index in [1.165, 1.54) is 40.2 Å². The average Bonchev–Trinajstić information content (AvgIpc) is 3.24. The maximum atomic E-state index is 13.5. The number of rotatable bonds is 4. The van der Waals surface area contributed by atoms with Gasteiger partial charge in [0.2, 0.25) is 0 Å². The van der Waals surface area contributed by atoms with Gasteiger partial charge < -0.3 is 19.6 Å². The summed E-state index contributed by atoms with van der Waals surface area (Å²) in [6.07, 6.45) is 0.743. The van der Waals surface area contributed by atoms with Crippen LogP contribution in [0.4, 0.5) is 18.9 Å². The number of alkyl halides is 3. The second-order valence-corrected chi connectivity index (χ2v) is 5.66. The maximum Gasteiger partial charge on any atom is 0.418 e. The molecule has 0 aliphatic carbocycles. The molecule has 2 N–H and O–H groups in total. The van der Waals surface area contributed by atoms with Gasteiger partial charge in [-0.2, -0.15) is 13.2 Å². The molecule has 0 atom stereocenters. The van der Waals surface area contributed by atoms with Crippen molar-refractivity contribution in [3.05, 3.63) is 54.1 Å². The number of carbonyl (C=O) groups is 1. The quantitative estimate of drug-likeness (QED) is 0.556. The van der Waals surface area contributed by atoms with Crippen molar-refractivity contribution in [2.75, 3.05) is 12.3 Å². The van der Waals surface area contributed by atoms with E-state index < -0.39 is 17.7 Å². The van der Waals surface area contributed by atoms with Crippen molar-refractivity contribution >= 4 is 11.7 Å². The fourth-order valence-electron chi connectivity index (χ4n) is 2.70. The molecule has 0 unspecified atom stereocenters. The van der Waals surface area contributed by atoms with E-state index in [1.54, 1.807) is 13.8 Å². The second-order valence-electron chi connectivity index (χ2n) is 5.66. The van der Waals surface area contributed by atoms with E-state index in [-0.39, 0.29) is 29.4 Å². The Balaban J connectivity index is 2.18. The van der Waals surface area contributed by atoms with Crippen LogP contribution < -0.4 is 5.73 Å². The van der Waals surface area contributed by atoms with Crippen LogP contribution in [0.25, 0.3) is 11.4 Å². The normalized spacial score (nSPS) is 11.6. The zero-order chi connectivity index (χ0) is 19.8. The third-order valence-corrected chi connectivity index (χ3v) is 3.97. The molecule has 0 aliphatic heterocycles. The van der Waals surface area contributed by atoms with Crippen molar-refractivity contribution < 1.29 is 22.7 Å². The number of anilines is 1. The molecular weight excluding hydrogens is 363 g/mol. The molecule has 0 saturated heterocycles. The van der Waals surface area contributed by atoms with Crippen LogP contribution in [0.3, 0.4) is 0 Å². The molecule has 0 fully saturated rings. The highest BCUT2D eigenvalue weighted by Crippen LogP contribution is 2.37. The first-order valence-electron chi connectivity index (χ1n) is 7.94. The van der Waals surface area contributed by atoms with E-state index >= 15 is 0 Å². The molecule has 27 heavy (non-hydrogen) atoms. The van der Waals surface area contributed by atoms with Crippen LogP contribution in [0.15, 0.2) is 37.2 Å². The third-order valence-electron chi connectivity index (χ3n) is 3.97. The minimum absolute atomic E-state index is 0.0697. The number of hydrogen-bond donors (Lipinski definition) is 1. The van der Waals surface area contributed by atoms with Crippen molar-refractivity contribution in [2.24, 2.45) is 0 Å². The zero-order valence-corrected chi connectivity index (χ0v) is 14.5. The van der Waals surface area contributed by atoms with Crippen molar-refractivity contribution in [1.29, 1.82) is 0 Å².